The van der Waals surface area contributed by atoms with Gasteiger partial charge >= 0.3 is 6.09 Å². The van der Waals surface area contributed by atoms with E-state index < -0.39 is 0 Å². The van der Waals surface area contributed by atoms with E-state index in [1.54, 1.807) is 0 Å². The van der Waals surface area contributed by atoms with Crippen molar-refractivity contribution in [1.29, 1.82) is 0 Å². The first kappa shape index (κ1) is 12.5. The summed E-state index contributed by atoms with van der Waals surface area (Å²) < 4.78 is 5.47. The van der Waals surface area contributed by atoms with Gasteiger partial charge in [0.1, 0.15) is 5.75 Å². The van der Waals surface area contributed by atoms with Gasteiger partial charge in [0.15, 0.2) is 0 Å². The van der Waals surface area contributed by atoms with Crippen LogP contribution in [0.4, 0.5) is 4.79 Å². The molecule has 2 unspecified atom stereocenters. The molecule has 2 aliphatic heterocycles. The fraction of sp³-hybridized carbons (Fsp3) is 0.533. The van der Waals surface area contributed by atoms with E-state index in [0.29, 0.717) is 17.6 Å². The highest BCUT2D eigenvalue weighted by molar-refractivity contribution is 5.72. The van der Waals surface area contributed by atoms with Gasteiger partial charge in [-0.1, -0.05) is 18.2 Å². The molecule has 1 amide bonds. The molecule has 2 aliphatic rings. The van der Waals surface area contributed by atoms with Crippen LogP contribution in [0.5, 0.6) is 5.75 Å². The van der Waals surface area contributed by atoms with Crippen molar-refractivity contribution in [2.45, 2.75) is 19.4 Å². The predicted molar refractivity (Wildman–Crippen MR) is 73.1 cm³/mol. The summed E-state index contributed by atoms with van der Waals surface area (Å²) >= 11 is 0. The molecule has 4 heteroatoms. The minimum Gasteiger partial charge on any atom is -0.410 e. The van der Waals surface area contributed by atoms with Crippen LogP contribution in [0.15, 0.2) is 30.3 Å². The fourth-order valence-electron chi connectivity index (χ4n) is 3.38. The molecule has 2 atom stereocenters. The molecule has 0 radical (unpaired) electrons. The average molecular weight is 260 g/mol. The van der Waals surface area contributed by atoms with Crippen molar-refractivity contribution >= 4 is 6.09 Å². The molecule has 2 heterocycles. The molecule has 0 aromatic heterocycles. The number of amides is 1. The third-order valence-electron chi connectivity index (χ3n) is 4.53. The number of rotatable bonds is 1. The predicted octanol–water partition coefficient (Wildman–Crippen LogP) is 2.12. The van der Waals surface area contributed by atoms with Crippen molar-refractivity contribution in [1.82, 2.24) is 10.2 Å². The largest absolute Gasteiger partial charge is 0.415 e. The molecule has 2 saturated heterocycles. The van der Waals surface area contributed by atoms with Crippen LogP contribution in [0.3, 0.4) is 0 Å². The Hall–Kier alpha value is -1.55. The second-order valence-electron chi connectivity index (χ2n) is 5.97. The van der Waals surface area contributed by atoms with Gasteiger partial charge < -0.3 is 15.0 Å². The van der Waals surface area contributed by atoms with E-state index >= 15 is 0 Å². The molecular weight excluding hydrogens is 240 g/mol. The van der Waals surface area contributed by atoms with Crippen LogP contribution in [0.25, 0.3) is 0 Å². The van der Waals surface area contributed by atoms with E-state index in [-0.39, 0.29) is 11.6 Å². The Morgan fingerprint density at radius 2 is 2.05 bits per heavy atom. The van der Waals surface area contributed by atoms with E-state index in [0.717, 1.165) is 19.6 Å². The third kappa shape index (κ3) is 2.10. The highest BCUT2D eigenvalue weighted by atomic mass is 16.6. The van der Waals surface area contributed by atoms with E-state index in [1.165, 1.54) is 0 Å². The second kappa shape index (κ2) is 4.53. The second-order valence-corrected chi connectivity index (χ2v) is 5.97. The molecule has 0 bridgehead atoms. The molecule has 2 fully saturated rings. The maximum atomic E-state index is 12.3. The van der Waals surface area contributed by atoms with Gasteiger partial charge in [-0.2, -0.15) is 0 Å². The summed E-state index contributed by atoms with van der Waals surface area (Å²) in [4.78, 5) is 14.2. The molecule has 1 aromatic rings. The van der Waals surface area contributed by atoms with Gasteiger partial charge in [-0.15, -0.1) is 0 Å². The SMILES string of the molecule is CC1(C)C2CNCC2CN1C(=O)Oc1ccccc1. The van der Waals surface area contributed by atoms with Crippen molar-refractivity contribution in [2.24, 2.45) is 11.8 Å². The molecule has 4 nitrogen and oxygen atoms in total. The van der Waals surface area contributed by atoms with Gasteiger partial charge in [-0.3, -0.25) is 0 Å². The molecule has 0 spiro atoms. The Kier molecular flexibility index (Phi) is 2.97. The minimum absolute atomic E-state index is 0.139. The minimum atomic E-state index is -0.231. The van der Waals surface area contributed by atoms with Crippen LogP contribution < -0.4 is 10.1 Å². The topological polar surface area (TPSA) is 41.6 Å². The maximum absolute atomic E-state index is 12.3. The summed E-state index contributed by atoms with van der Waals surface area (Å²) in [7, 11) is 0. The van der Waals surface area contributed by atoms with Gasteiger partial charge in [0.05, 0.1) is 0 Å². The first-order valence-electron chi connectivity index (χ1n) is 6.84. The lowest BCUT2D eigenvalue weighted by molar-refractivity contribution is 0.110. The number of carbonyl (C=O) groups excluding carboxylic acids is 1. The molecular formula is C15H20N2O2. The Bertz CT molecular complexity index is 472. The Balaban J connectivity index is 1.74. The van der Waals surface area contributed by atoms with Crippen molar-refractivity contribution < 1.29 is 9.53 Å². The van der Waals surface area contributed by atoms with Crippen molar-refractivity contribution in [3.05, 3.63) is 30.3 Å². The van der Waals surface area contributed by atoms with Gasteiger partial charge in [0.25, 0.3) is 0 Å². The number of nitrogens with one attached hydrogen (secondary N) is 1. The Morgan fingerprint density at radius 3 is 2.74 bits per heavy atom. The number of hydrogen-bond acceptors (Lipinski definition) is 3. The number of likely N-dealkylation sites (tertiary alicyclic amines) is 1. The molecule has 1 N–H and O–H groups in total. The molecule has 3 rings (SSSR count). The zero-order valence-corrected chi connectivity index (χ0v) is 11.4. The number of ether oxygens (including phenoxy) is 1. The van der Waals surface area contributed by atoms with E-state index in [9.17, 15) is 4.79 Å². The van der Waals surface area contributed by atoms with Crippen LogP contribution in [0, 0.1) is 11.8 Å². The fourth-order valence-corrected chi connectivity index (χ4v) is 3.38. The standard InChI is InChI=1S/C15H20N2O2/c1-15(2)13-9-16-8-11(13)10-17(15)14(18)19-12-6-4-3-5-7-12/h3-7,11,13,16H,8-10H2,1-2H3. The maximum Gasteiger partial charge on any atom is 0.415 e. The highest BCUT2D eigenvalue weighted by Crippen LogP contribution is 2.40. The van der Waals surface area contributed by atoms with E-state index in [4.69, 9.17) is 4.74 Å². The lowest BCUT2D eigenvalue weighted by Gasteiger charge is -2.34. The van der Waals surface area contributed by atoms with Gasteiger partial charge in [0.2, 0.25) is 0 Å². The normalized spacial score (nSPS) is 28.2. The van der Waals surface area contributed by atoms with E-state index in [2.05, 4.69) is 19.2 Å². The highest BCUT2D eigenvalue weighted by Gasteiger charge is 2.51. The van der Waals surface area contributed by atoms with Crippen LogP contribution in [0.2, 0.25) is 0 Å². The van der Waals surface area contributed by atoms with E-state index in [1.807, 2.05) is 35.2 Å². The van der Waals surface area contributed by atoms with Crippen LogP contribution in [-0.4, -0.2) is 36.2 Å². The zero-order valence-electron chi connectivity index (χ0n) is 11.4. The summed E-state index contributed by atoms with van der Waals surface area (Å²) in [6.45, 7) is 7.06. The number of hydrogen-bond donors (Lipinski definition) is 1. The molecule has 0 aliphatic carbocycles. The number of carbonyl (C=O) groups is 1. The molecule has 19 heavy (non-hydrogen) atoms. The third-order valence-corrected chi connectivity index (χ3v) is 4.53. The zero-order chi connectivity index (χ0) is 13.5. The average Bonchev–Trinajstić information content (AvgIpc) is 2.93. The Labute approximate surface area is 113 Å². The number of nitrogens with zero attached hydrogens (tertiary/aromatic N) is 1. The van der Waals surface area contributed by atoms with Crippen LogP contribution in [-0.2, 0) is 0 Å². The summed E-state index contributed by atoms with van der Waals surface area (Å²) in [5.74, 6) is 1.69. The summed E-state index contributed by atoms with van der Waals surface area (Å²) in [6, 6.07) is 9.27. The first-order chi connectivity index (χ1) is 9.09. The number of fused-ring (bicyclic) bond motifs is 1. The van der Waals surface area contributed by atoms with Crippen molar-refractivity contribution in [3.8, 4) is 5.75 Å². The number of para-hydroxylation sites is 1. The first-order valence-corrected chi connectivity index (χ1v) is 6.84. The van der Waals surface area contributed by atoms with Gasteiger partial charge in [0, 0.05) is 25.2 Å². The van der Waals surface area contributed by atoms with Gasteiger partial charge in [-0.25, -0.2) is 4.79 Å². The van der Waals surface area contributed by atoms with Crippen molar-refractivity contribution in [3.63, 3.8) is 0 Å². The molecule has 0 saturated carbocycles. The van der Waals surface area contributed by atoms with Crippen molar-refractivity contribution in [2.75, 3.05) is 19.6 Å². The van der Waals surface area contributed by atoms with Gasteiger partial charge in [-0.05, 0) is 37.8 Å². The lowest BCUT2D eigenvalue weighted by Crippen LogP contribution is -2.48. The molecule has 1 aromatic carbocycles. The molecule has 102 valence electrons. The van der Waals surface area contributed by atoms with Crippen LogP contribution >= 0.6 is 0 Å². The quantitative estimate of drug-likeness (QED) is 0.841. The van der Waals surface area contributed by atoms with Crippen LogP contribution in [0.1, 0.15) is 13.8 Å². The smallest absolute Gasteiger partial charge is 0.410 e. The monoisotopic (exact) mass is 260 g/mol. The lowest BCUT2D eigenvalue weighted by atomic mass is 9.85. The number of benzene rings is 1. The summed E-state index contributed by atoms with van der Waals surface area (Å²) in [6.07, 6.45) is -0.231. The summed E-state index contributed by atoms with van der Waals surface area (Å²) in [5, 5.41) is 3.41. The summed E-state index contributed by atoms with van der Waals surface area (Å²) in [5.41, 5.74) is -0.139. The Morgan fingerprint density at radius 1 is 1.32 bits per heavy atom.